The maximum atomic E-state index is 12.2. The number of carbonyl (C=O) groups excluding carboxylic acids is 2. The molecular weight excluding hydrogens is 358 g/mol. The lowest BCUT2D eigenvalue weighted by Crippen LogP contribution is -2.32. The lowest BCUT2D eigenvalue weighted by atomic mass is 9.85. The number of rotatable bonds is 6. The number of anilines is 1. The van der Waals surface area contributed by atoms with Crippen molar-refractivity contribution in [1.29, 1.82) is 0 Å². The van der Waals surface area contributed by atoms with E-state index < -0.39 is 0 Å². The lowest BCUT2D eigenvalue weighted by molar-refractivity contribution is -0.115. The minimum Gasteiger partial charge on any atom is -0.497 e. The van der Waals surface area contributed by atoms with Crippen LogP contribution >= 0.6 is 0 Å². The summed E-state index contributed by atoms with van der Waals surface area (Å²) >= 11 is 0. The van der Waals surface area contributed by atoms with Gasteiger partial charge in [0.2, 0.25) is 5.91 Å². The van der Waals surface area contributed by atoms with Crippen molar-refractivity contribution >= 4 is 23.1 Å². The number of aromatic nitrogens is 3. The largest absolute Gasteiger partial charge is 0.497 e. The molecule has 1 aliphatic rings. The normalized spacial score (nSPS) is 13.8. The Kier molecular flexibility index (Phi) is 4.92. The second kappa shape index (κ2) is 7.67. The number of ether oxygens (including phenoxy) is 1. The zero-order valence-corrected chi connectivity index (χ0v) is 15.5. The second-order valence-corrected chi connectivity index (χ2v) is 6.79. The zero-order valence-electron chi connectivity index (χ0n) is 15.5. The predicted octanol–water partition coefficient (Wildman–Crippen LogP) is 2.37. The summed E-state index contributed by atoms with van der Waals surface area (Å²) < 4.78 is 6.99. The first kappa shape index (κ1) is 18.0. The molecule has 4 rings (SSSR count). The van der Waals surface area contributed by atoms with Gasteiger partial charge in [-0.15, -0.1) is 10.2 Å². The molecule has 1 fully saturated rings. The van der Waals surface area contributed by atoms with Crippen molar-refractivity contribution in [2.75, 3.05) is 19.0 Å². The van der Waals surface area contributed by atoms with Gasteiger partial charge in [0.15, 0.2) is 5.65 Å². The molecule has 0 saturated heterocycles. The Bertz CT molecular complexity index is 1010. The molecule has 144 valence electrons. The van der Waals surface area contributed by atoms with Crippen LogP contribution in [0.15, 0.2) is 42.6 Å². The minimum atomic E-state index is -0.320. The summed E-state index contributed by atoms with van der Waals surface area (Å²) in [5.41, 5.74) is 1.86. The first-order valence-electron chi connectivity index (χ1n) is 9.21. The number of nitrogens with one attached hydrogen (secondary N) is 2. The van der Waals surface area contributed by atoms with Gasteiger partial charge in [-0.1, -0.05) is 6.42 Å². The highest BCUT2D eigenvalue weighted by Crippen LogP contribution is 2.35. The topological polar surface area (TPSA) is 97.6 Å². The lowest BCUT2D eigenvalue weighted by Gasteiger charge is -2.23. The molecule has 0 aliphatic heterocycles. The number of carbonyl (C=O) groups is 2. The molecule has 0 unspecified atom stereocenters. The van der Waals surface area contributed by atoms with Crippen LogP contribution in [0, 0.1) is 0 Å². The SMILES string of the molecule is COc1ccc(C(=O)NCC(=O)Nc2ccc3nnc(C4CCC4)n3c2)cc1. The maximum absolute atomic E-state index is 12.2. The summed E-state index contributed by atoms with van der Waals surface area (Å²) in [6.07, 6.45) is 5.28. The van der Waals surface area contributed by atoms with Gasteiger partial charge in [0.1, 0.15) is 11.6 Å². The summed E-state index contributed by atoms with van der Waals surface area (Å²) in [6.45, 7) is -0.124. The van der Waals surface area contributed by atoms with Gasteiger partial charge in [-0.3, -0.25) is 14.0 Å². The monoisotopic (exact) mass is 379 g/mol. The van der Waals surface area contributed by atoms with E-state index >= 15 is 0 Å². The molecule has 2 N–H and O–H groups in total. The zero-order chi connectivity index (χ0) is 19.5. The third-order valence-corrected chi connectivity index (χ3v) is 4.94. The van der Waals surface area contributed by atoms with Gasteiger partial charge in [-0.25, -0.2) is 0 Å². The Morgan fingerprint density at radius 2 is 1.93 bits per heavy atom. The molecule has 1 aromatic carbocycles. The Labute approximate surface area is 161 Å². The van der Waals surface area contributed by atoms with Gasteiger partial charge in [0, 0.05) is 17.7 Å². The first-order chi connectivity index (χ1) is 13.6. The van der Waals surface area contributed by atoms with Gasteiger partial charge in [0.25, 0.3) is 5.91 Å². The van der Waals surface area contributed by atoms with Crippen LogP contribution < -0.4 is 15.4 Å². The third-order valence-electron chi connectivity index (χ3n) is 4.94. The Morgan fingerprint density at radius 3 is 2.61 bits per heavy atom. The van der Waals surface area contributed by atoms with E-state index in [1.54, 1.807) is 37.4 Å². The van der Waals surface area contributed by atoms with Crippen molar-refractivity contribution in [2.45, 2.75) is 25.2 Å². The molecule has 8 heteroatoms. The number of hydrogen-bond donors (Lipinski definition) is 2. The maximum Gasteiger partial charge on any atom is 0.251 e. The molecule has 2 amide bonds. The van der Waals surface area contributed by atoms with Gasteiger partial charge < -0.3 is 15.4 Å². The molecule has 0 radical (unpaired) electrons. The molecule has 0 bridgehead atoms. The van der Waals surface area contributed by atoms with E-state index in [4.69, 9.17) is 4.74 Å². The summed E-state index contributed by atoms with van der Waals surface area (Å²) in [7, 11) is 1.56. The minimum absolute atomic E-state index is 0.124. The number of amides is 2. The molecule has 0 atom stereocenters. The Hall–Kier alpha value is -3.42. The number of methoxy groups -OCH3 is 1. The van der Waals surface area contributed by atoms with Crippen LogP contribution in [-0.2, 0) is 4.79 Å². The van der Waals surface area contributed by atoms with E-state index in [1.165, 1.54) is 6.42 Å². The average Bonchev–Trinajstić information content (AvgIpc) is 3.08. The smallest absolute Gasteiger partial charge is 0.251 e. The van der Waals surface area contributed by atoms with E-state index in [1.807, 2.05) is 16.7 Å². The highest BCUT2D eigenvalue weighted by atomic mass is 16.5. The van der Waals surface area contributed by atoms with Crippen molar-refractivity contribution in [3.63, 3.8) is 0 Å². The number of nitrogens with zero attached hydrogens (tertiary/aromatic N) is 3. The van der Waals surface area contributed by atoms with Crippen LogP contribution in [-0.4, -0.2) is 40.1 Å². The number of hydrogen-bond acceptors (Lipinski definition) is 5. The fraction of sp³-hybridized carbons (Fsp3) is 0.300. The molecule has 3 aromatic rings. The van der Waals surface area contributed by atoms with Crippen molar-refractivity contribution < 1.29 is 14.3 Å². The molecular formula is C20H21N5O3. The van der Waals surface area contributed by atoms with Gasteiger partial charge in [0.05, 0.1) is 19.3 Å². The Balaban J connectivity index is 1.37. The average molecular weight is 379 g/mol. The summed E-state index contributed by atoms with van der Waals surface area (Å²) in [5, 5.41) is 13.9. The standard InChI is InChI=1S/C20H21N5O3/c1-28-16-8-5-14(6-9-16)20(27)21-11-18(26)22-15-7-10-17-23-24-19(25(17)12-15)13-3-2-4-13/h5-10,12-13H,2-4,11H2,1H3,(H,21,27)(H,22,26). The van der Waals surface area contributed by atoms with Crippen molar-refractivity contribution in [2.24, 2.45) is 0 Å². The van der Waals surface area contributed by atoms with E-state index in [9.17, 15) is 9.59 Å². The van der Waals surface area contributed by atoms with E-state index in [-0.39, 0.29) is 18.4 Å². The van der Waals surface area contributed by atoms with Gasteiger partial charge in [-0.2, -0.15) is 0 Å². The van der Waals surface area contributed by atoms with Crippen molar-refractivity contribution in [3.05, 3.63) is 54.0 Å². The highest BCUT2D eigenvalue weighted by molar-refractivity contribution is 5.99. The van der Waals surface area contributed by atoms with Crippen molar-refractivity contribution in [1.82, 2.24) is 19.9 Å². The fourth-order valence-corrected chi connectivity index (χ4v) is 3.14. The van der Waals surface area contributed by atoms with Crippen LogP contribution in [0.3, 0.4) is 0 Å². The predicted molar refractivity (Wildman–Crippen MR) is 104 cm³/mol. The van der Waals surface area contributed by atoms with Crippen LogP contribution in [0.5, 0.6) is 5.75 Å². The fourth-order valence-electron chi connectivity index (χ4n) is 3.14. The van der Waals surface area contributed by atoms with Gasteiger partial charge in [-0.05, 0) is 49.2 Å². The quantitative estimate of drug-likeness (QED) is 0.685. The third kappa shape index (κ3) is 3.66. The first-order valence-corrected chi connectivity index (χ1v) is 9.21. The van der Waals surface area contributed by atoms with Crippen LogP contribution in [0.2, 0.25) is 0 Å². The molecule has 2 aromatic heterocycles. The summed E-state index contributed by atoms with van der Waals surface area (Å²) in [6, 6.07) is 10.3. The van der Waals surface area contributed by atoms with Crippen molar-refractivity contribution in [3.8, 4) is 5.75 Å². The van der Waals surface area contributed by atoms with Crippen LogP contribution in [0.25, 0.3) is 5.65 Å². The summed E-state index contributed by atoms with van der Waals surface area (Å²) in [5.74, 6) is 1.41. The number of pyridine rings is 1. The van der Waals surface area contributed by atoms with Crippen LogP contribution in [0.4, 0.5) is 5.69 Å². The number of fused-ring (bicyclic) bond motifs is 1. The molecule has 0 spiro atoms. The Morgan fingerprint density at radius 1 is 1.14 bits per heavy atom. The van der Waals surface area contributed by atoms with Gasteiger partial charge >= 0.3 is 0 Å². The highest BCUT2D eigenvalue weighted by Gasteiger charge is 2.24. The van der Waals surface area contributed by atoms with E-state index in [2.05, 4.69) is 20.8 Å². The molecule has 1 saturated carbocycles. The second-order valence-electron chi connectivity index (χ2n) is 6.79. The number of benzene rings is 1. The van der Waals surface area contributed by atoms with E-state index in [0.717, 1.165) is 24.3 Å². The molecule has 28 heavy (non-hydrogen) atoms. The van der Waals surface area contributed by atoms with E-state index in [0.29, 0.717) is 22.9 Å². The summed E-state index contributed by atoms with van der Waals surface area (Å²) in [4.78, 5) is 24.4. The molecule has 1 aliphatic carbocycles. The molecule has 8 nitrogen and oxygen atoms in total. The molecule has 2 heterocycles. The van der Waals surface area contributed by atoms with Crippen LogP contribution in [0.1, 0.15) is 41.4 Å².